The summed E-state index contributed by atoms with van der Waals surface area (Å²) in [4.78, 5) is 11.9. The number of benzene rings is 1. The quantitative estimate of drug-likeness (QED) is 0.755. The second-order valence-electron chi connectivity index (χ2n) is 7.28. The van der Waals surface area contributed by atoms with Gasteiger partial charge in [-0.1, -0.05) is 30.7 Å². The monoisotopic (exact) mass is 316 g/mol. The first-order valence-corrected chi connectivity index (χ1v) is 8.90. The number of hydrogen-bond donors (Lipinski definition) is 3. The third kappa shape index (κ3) is 4.05. The summed E-state index contributed by atoms with van der Waals surface area (Å²) in [7, 11) is 0. The Morgan fingerprint density at radius 3 is 2.70 bits per heavy atom. The molecule has 2 aliphatic rings. The number of aliphatic hydroxyl groups is 1. The van der Waals surface area contributed by atoms with Crippen LogP contribution in [0.25, 0.3) is 0 Å². The van der Waals surface area contributed by atoms with Crippen LogP contribution in [0.1, 0.15) is 43.2 Å². The van der Waals surface area contributed by atoms with Crippen molar-refractivity contribution in [3.63, 3.8) is 0 Å². The van der Waals surface area contributed by atoms with Crippen molar-refractivity contribution in [2.75, 3.05) is 19.7 Å². The lowest BCUT2D eigenvalue weighted by atomic mass is 9.67. The first kappa shape index (κ1) is 16.3. The van der Waals surface area contributed by atoms with Gasteiger partial charge in [-0.25, -0.2) is 4.79 Å². The van der Waals surface area contributed by atoms with Gasteiger partial charge in [0.25, 0.3) is 0 Å². The molecular weight excluding hydrogens is 288 g/mol. The van der Waals surface area contributed by atoms with Crippen molar-refractivity contribution < 1.29 is 9.90 Å². The number of aliphatic hydroxyl groups excluding tert-OH is 1. The third-order valence-electron chi connectivity index (χ3n) is 5.69. The molecule has 0 radical (unpaired) electrons. The lowest BCUT2D eigenvalue weighted by molar-refractivity contribution is 0.0370. The van der Waals surface area contributed by atoms with Crippen molar-refractivity contribution >= 4 is 6.03 Å². The maximum atomic E-state index is 11.9. The molecule has 3 rings (SSSR count). The zero-order valence-electron chi connectivity index (χ0n) is 13.8. The van der Waals surface area contributed by atoms with E-state index < -0.39 is 0 Å². The Balaban J connectivity index is 1.35. The molecule has 0 aliphatic heterocycles. The molecule has 1 aromatic rings. The molecule has 2 amide bonds. The molecule has 0 heterocycles. The minimum atomic E-state index is -0.0729. The average Bonchev–Trinajstić information content (AvgIpc) is 2.55. The van der Waals surface area contributed by atoms with Gasteiger partial charge >= 0.3 is 6.03 Å². The summed E-state index contributed by atoms with van der Waals surface area (Å²) in [5.41, 5.74) is 2.98. The number of rotatable bonds is 6. The number of aryl methyl sites for hydroxylation is 1. The van der Waals surface area contributed by atoms with Gasteiger partial charge in [0.15, 0.2) is 0 Å². The van der Waals surface area contributed by atoms with Crippen LogP contribution in [0.15, 0.2) is 24.3 Å². The summed E-state index contributed by atoms with van der Waals surface area (Å²) < 4.78 is 0. The Kier molecular flexibility index (Phi) is 5.21. The molecule has 23 heavy (non-hydrogen) atoms. The van der Waals surface area contributed by atoms with Crippen LogP contribution in [0.3, 0.4) is 0 Å². The van der Waals surface area contributed by atoms with Crippen molar-refractivity contribution in [1.82, 2.24) is 10.6 Å². The van der Waals surface area contributed by atoms with Gasteiger partial charge in [0, 0.05) is 19.7 Å². The van der Waals surface area contributed by atoms with E-state index in [0.29, 0.717) is 12.5 Å². The van der Waals surface area contributed by atoms with Gasteiger partial charge in [0.05, 0.1) is 0 Å². The smallest absolute Gasteiger partial charge is 0.314 e. The number of carbonyl (C=O) groups excluding carboxylic acids is 1. The summed E-state index contributed by atoms with van der Waals surface area (Å²) in [5, 5.41) is 15.4. The highest BCUT2D eigenvalue weighted by atomic mass is 16.3. The van der Waals surface area contributed by atoms with Crippen molar-refractivity contribution in [3.05, 3.63) is 35.4 Å². The zero-order chi connectivity index (χ0) is 16.1. The van der Waals surface area contributed by atoms with E-state index in [4.69, 9.17) is 0 Å². The van der Waals surface area contributed by atoms with Crippen LogP contribution in [0.4, 0.5) is 4.79 Å². The molecule has 4 nitrogen and oxygen atoms in total. The minimum absolute atomic E-state index is 0.0729. The van der Waals surface area contributed by atoms with E-state index in [-0.39, 0.29) is 18.1 Å². The Hall–Kier alpha value is -1.55. The molecule has 4 heteroatoms. The number of amides is 2. The molecule has 1 unspecified atom stereocenters. The fourth-order valence-electron chi connectivity index (χ4n) is 3.85. The Morgan fingerprint density at radius 2 is 2.00 bits per heavy atom. The Labute approximate surface area is 138 Å². The van der Waals surface area contributed by atoms with Crippen LogP contribution < -0.4 is 10.6 Å². The van der Waals surface area contributed by atoms with Gasteiger partial charge in [-0.15, -0.1) is 0 Å². The largest absolute Gasteiger partial charge is 0.396 e. The summed E-state index contributed by atoms with van der Waals surface area (Å²) in [6.07, 6.45) is 7.59. The molecule has 126 valence electrons. The molecule has 0 aromatic heterocycles. The van der Waals surface area contributed by atoms with Gasteiger partial charge < -0.3 is 15.7 Å². The number of hydrogen-bond acceptors (Lipinski definition) is 2. The fraction of sp³-hybridized carbons (Fsp3) is 0.632. The zero-order valence-corrected chi connectivity index (χ0v) is 13.8. The molecule has 1 fully saturated rings. The summed E-state index contributed by atoms with van der Waals surface area (Å²) >= 11 is 0. The molecule has 1 saturated carbocycles. The Bertz CT molecular complexity index is 534. The highest BCUT2D eigenvalue weighted by molar-refractivity contribution is 5.73. The van der Waals surface area contributed by atoms with E-state index in [9.17, 15) is 9.90 Å². The lowest BCUT2D eigenvalue weighted by Crippen LogP contribution is -2.42. The van der Waals surface area contributed by atoms with E-state index in [1.54, 1.807) is 0 Å². The topological polar surface area (TPSA) is 61.4 Å². The standard InChI is InChI=1S/C19H28N2O2/c22-14-19(8-3-9-19)10-11-20-18(23)21-13-15-6-7-16-4-1-2-5-17(16)12-15/h1-2,4-5,15,22H,3,6-14H2,(H2,20,21,23). The first-order valence-electron chi connectivity index (χ1n) is 8.90. The second kappa shape index (κ2) is 7.35. The highest BCUT2D eigenvalue weighted by Crippen LogP contribution is 2.42. The molecule has 0 saturated heterocycles. The van der Waals surface area contributed by atoms with Crippen molar-refractivity contribution in [2.45, 2.75) is 44.9 Å². The molecule has 1 aromatic carbocycles. The lowest BCUT2D eigenvalue weighted by Gasteiger charge is -2.40. The van der Waals surface area contributed by atoms with Gasteiger partial charge in [-0.2, -0.15) is 0 Å². The molecule has 2 aliphatic carbocycles. The SMILES string of the molecule is O=C(NCCC1(CO)CCC1)NCC1CCc2ccccc2C1. The van der Waals surface area contributed by atoms with E-state index in [1.807, 2.05) is 0 Å². The Morgan fingerprint density at radius 1 is 1.22 bits per heavy atom. The summed E-state index contributed by atoms with van der Waals surface area (Å²) in [6, 6.07) is 8.54. The van der Waals surface area contributed by atoms with Crippen LogP contribution in [-0.4, -0.2) is 30.8 Å². The van der Waals surface area contributed by atoms with Crippen LogP contribution in [0.2, 0.25) is 0 Å². The van der Waals surface area contributed by atoms with Crippen molar-refractivity contribution in [1.29, 1.82) is 0 Å². The summed E-state index contributed by atoms with van der Waals surface area (Å²) in [6.45, 7) is 1.64. The fourth-order valence-corrected chi connectivity index (χ4v) is 3.85. The van der Waals surface area contributed by atoms with Crippen LogP contribution in [0.5, 0.6) is 0 Å². The van der Waals surface area contributed by atoms with Crippen molar-refractivity contribution in [3.8, 4) is 0 Å². The molecule has 1 atom stereocenters. The molecule has 0 bridgehead atoms. The average molecular weight is 316 g/mol. The molecule has 3 N–H and O–H groups in total. The van der Waals surface area contributed by atoms with Gasteiger partial charge in [-0.3, -0.25) is 0 Å². The third-order valence-corrected chi connectivity index (χ3v) is 5.69. The highest BCUT2D eigenvalue weighted by Gasteiger charge is 2.35. The van der Waals surface area contributed by atoms with Crippen LogP contribution in [0, 0.1) is 11.3 Å². The van der Waals surface area contributed by atoms with E-state index >= 15 is 0 Å². The number of fused-ring (bicyclic) bond motifs is 1. The van der Waals surface area contributed by atoms with Gasteiger partial charge in [0.1, 0.15) is 0 Å². The van der Waals surface area contributed by atoms with E-state index in [2.05, 4.69) is 34.9 Å². The second-order valence-corrected chi connectivity index (χ2v) is 7.28. The van der Waals surface area contributed by atoms with Crippen molar-refractivity contribution in [2.24, 2.45) is 11.3 Å². The van der Waals surface area contributed by atoms with E-state index in [1.165, 1.54) is 17.5 Å². The van der Waals surface area contributed by atoms with E-state index in [0.717, 1.165) is 45.1 Å². The maximum Gasteiger partial charge on any atom is 0.314 e. The van der Waals surface area contributed by atoms with Crippen LogP contribution >= 0.6 is 0 Å². The normalized spacial score (nSPS) is 21.9. The molecule has 0 spiro atoms. The number of urea groups is 1. The minimum Gasteiger partial charge on any atom is -0.396 e. The van der Waals surface area contributed by atoms with Gasteiger partial charge in [-0.05, 0) is 61.0 Å². The van der Waals surface area contributed by atoms with Crippen LogP contribution in [-0.2, 0) is 12.8 Å². The first-order chi connectivity index (χ1) is 11.2. The predicted octanol–water partition coefficient (Wildman–Crippen LogP) is 2.64. The number of carbonyl (C=O) groups is 1. The van der Waals surface area contributed by atoms with Gasteiger partial charge in [0.2, 0.25) is 0 Å². The molecular formula is C19H28N2O2. The summed E-state index contributed by atoms with van der Waals surface area (Å²) in [5.74, 6) is 0.533. The maximum absolute atomic E-state index is 11.9. The number of nitrogens with one attached hydrogen (secondary N) is 2. The predicted molar refractivity (Wildman–Crippen MR) is 91.3 cm³/mol.